The highest BCUT2D eigenvalue weighted by Gasteiger charge is 2.29. The van der Waals surface area contributed by atoms with Crippen molar-refractivity contribution in [3.63, 3.8) is 0 Å². The van der Waals surface area contributed by atoms with Gasteiger partial charge in [-0.05, 0) is 45.5 Å². The first-order chi connectivity index (χ1) is 17.1. The number of benzene rings is 3. The number of nitrogens with one attached hydrogen (secondary N) is 1. The Morgan fingerprint density at radius 2 is 1.63 bits per heavy atom. The third kappa shape index (κ3) is 5.72. The van der Waals surface area contributed by atoms with E-state index in [1.165, 1.54) is 0 Å². The van der Waals surface area contributed by atoms with E-state index >= 15 is 0 Å². The molecule has 0 aromatic heterocycles. The SMILES string of the molecule is [N-]=[N+]=NCCOc1ccc(C[C@@H](NC(=O)OCC2c3ccccc3-c3ccccc32)C(=O)O)cc1. The molecule has 0 aliphatic heterocycles. The number of hydrogen-bond donors (Lipinski definition) is 2. The number of amides is 1. The largest absolute Gasteiger partial charge is 0.493 e. The van der Waals surface area contributed by atoms with E-state index in [0.29, 0.717) is 11.3 Å². The van der Waals surface area contributed by atoms with Crippen molar-refractivity contribution in [3.8, 4) is 16.9 Å². The van der Waals surface area contributed by atoms with Gasteiger partial charge in [0.1, 0.15) is 18.4 Å². The van der Waals surface area contributed by atoms with Crippen molar-refractivity contribution in [1.29, 1.82) is 0 Å². The molecule has 0 spiro atoms. The van der Waals surface area contributed by atoms with Crippen LogP contribution >= 0.6 is 0 Å². The summed E-state index contributed by atoms with van der Waals surface area (Å²) in [4.78, 5) is 26.9. The van der Waals surface area contributed by atoms with Crippen molar-refractivity contribution in [2.24, 2.45) is 5.11 Å². The first kappa shape index (κ1) is 23.7. The Bertz CT molecular complexity index is 1210. The summed E-state index contributed by atoms with van der Waals surface area (Å²) in [6.07, 6.45) is -0.698. The molecular formula is C26H24N4O5. The zero-order valence-corrected chi connectivity index (χ0v) is 18.8. The summed E-state index contributed by atoms with van der Waals surface area (Å²) in [6, 6.07) is 21.7. The number of azide groups is 1. The zero-order chi connectivity index (χ0) is 24.6. The van der Waals surface area contributed by atoms with Crippen molar-refractivity contribution >= 4 is 12.1 Å². The van der Waals surface area contributed by atoms with Crippen LogP contribution in [0.2, 0.25) is 0 Å². The van der Waals surface area contributed by atoms with Gasteiger partial charge in [-0.25, -0.2) is 9.59 Å². The summed E-state index contributed by atoms with van der Waals surface area (Å²) in [5.41, 5.74) is 13.4. The summed E-state index contributed by atoms with van der Waals surface area (Å²) >= 11 is 0. The molecule has 1 aliphatic rings. The predicted molar refractivity (Wildman–Crippen MR) is 129 cm³/mol. The van der Waals surface area contributed by atoms with Crippen LogP contribution < -0.4 is 10.1 Å². The fourth-order valence-corrected chi connectivity index (χ4v) is 4.19. The Hall–Kier alpha value is -4.49. The highest BCUT2D eigenvalue weighted by molar-refractivity contribution is 5.81. The van der Waals surface area contributed by atoms with E-state index in [-0.39, 0.29) is 32.1 Å². The molecule has 1 atom stereocenters. The maximum Gasteiger partial charge on any atom is 0.407 e. The number of alkyl carbamates (subject to hydrolysis) is 1. The number of hydrogen-bond acceptors (Lipinski definition) is 5. The van der Waals surface area contributed by atoms with Gasteiger partial charge in [0.15, 0.2) is 0 Å². The molecule has 0 radical (unpaired) electrons. The molecule has 0 fully saturated rings. The first-order valence-corrected chi connectivity index (χ1v) is 11.1. The van der Waals surface area contributed by atoms with Crippen LogP contribution in [0.5, 0.6) is 5.75 Å². The molecule has 1 aliphatic carbocycles. The van der Waals surface area contributed by atoms with Gasteiger partial charge in [-0.2, -0.15) is 0 Å². The lowest BCUT2D eigenvalue weighted by molar-refractivity contribution is -0.139. The minimum Gasteiger partial charge on any atom is -0.493 e. The molecule has 0 bridgehead atoms. The van der Waals surface area contributed by atoms with Crippen LogP contribution in [0.4, 0.5) is 4.79 Å². The van der Waals surface area contributed by atoms with Crippen molar-refractivity contribution in [3.05, 3.63) is 99.9 Å². The summed E-state index contributed by atoms with van der Waals surface area (Å²) < 4.78 is 10.9. The van der Waals surface area contributed by atoms with Gasteiger partial charge in [-0.15, -0.1) is 0 Å². The van der Waals surface area contributed by atoms with Crippen molar-refractivity contribution in [1.82, 2.24) is 5.32 Å². The van der Waals surface area contributed by atoms with E-state index in [0.717, 1.165) is 22.3 Å². The second kappa shape index (κ2) is 11.1. The molecule has 35 heavy (non-hydrogen) atoms. The molecule has 9 nitrogen and oxygen atoms in total. The van der Waals surface area contributed by atoms with Gasteiger partial charge in [0.25, 0.3) is 0 Å². The Balaban J connectivity index is 1.34. The minimum atomic E-state index is -1.16. The number of aliphatic carboxylic acids is 1. The van der Waals surface area contributed by atoms with Crippen molar-refractivity contribution in [2.75, 3.05) is 19.8 Å². The van der Waals surface area contributed by atoms with Crippen molar-refractivity contribution in [2.45, 2.75) is 18.4 Å². The number of fused-ring (bicyclic) bond motifs is 3. The third-order valence-electron chi connectivity index (χ3n) is 5.82. The van der Waals surface area contributed by atoms with E-state index in [4.69, 9.17) is 15.0 Å². The minimum absolute atomic E-state index is 0.0819. The second-order valence-electron chi connectivity index (χ2n) is 8.01. The fourth-order valence-electron chi connectivity index (χ4n) is 4.19. The topological polar surface area (TPSA) is 134 Å². The maximum atomic E-state index is 12.5. The van der Waals surface area contributed by atoms with E-state index in [9.17, 15) is 14.7 Å². The number of carbonyl (C=O) groups is 2. The average molecular weight is 473 g/mol. The number of nitrogens with zero attached hydrogens (tertiary/aromatic N) is 3. The molecule has 0 heterocycles. The highest BCUT2D eigenvalue weighted by Crippen LogP contribution is 2.44. The molecule has 0 unspecified atom stereocenters. The van der Waals surface area contributed by atoms with Crippen LogP contribution in [0.3, 0.4) is 0 Å². The Labute approximate surface area is 201 Å². The van der Waals surface area contributed by atoms with Gasteiger partial charge < -0.3 is 19.9 Å². The second-order valence-corrected chi connectivity index (χ2v) is 8.01. The van der Waals surface area contributed by atoms with Crippen LogP contribution in [0.25, 0.3) is 21.6 Å². The van der Waals surface area contributed by atoms with Gasteiger partial charge in [0.2, 0.25) is 0 Å². The lowest BCUT2D eigenvalue weighted by Gasteiger charge is -2.17. The summed E-state index contributed by atoms with van der Waals surface area (Å²) in [5.74, 6) is -0.700. The monoisotopic (exact) mass is 472 g/mol. The Kier molecular flexibility index (Phi) is 7.50. The lowest BCUT2D eigenvalue weighted by atomic mass is 9.98. The smallest absolute Gasteiger partial charge is 0.407 e. The van der Waals surface area contributed by atoms with E-state index in [2.05, 4.69) is 15.3 Å². The van der Waals surface area contributed by atoms with E-state index in [1.54, 1.807) is 24.3 Å². The molecule has 3 aromatic rings. The fraction of sp³-hybridized carbons (Fsp3) is 0.231. The van der Waals surface area contributed by atoms with Gasteiger partial charge in [-0.1, -0.05) is 65.8 Å². The maximum absolute atomic E-state index is 12.5. The van der Waals surface area contributed by atoms with Gasteiger partial charge in [0.05, 0.1) is 13.2 Å². The number of carboxylic acids is 1. The number of carbonyl (C=O) groups excluding carboxylic acids is 1. The van der Waals surface area contributed by atoms with E-state index in [1.807, 2.05) is 48.5 Å². The van der Waals surface area contributed by atoms with Crippen LogP contribution in [0, 0.1) is 0 Å². The van der Waals surface area contributed by atoms with Crippen LogP contribution in [-0.2, 0) is 16.0 Å². The average Bonchev–Trinajstić information content (AvgIpc) is 3.19. The highest BCUT2D eigenvalue weighted by atomic mass is 16.5. The first-order valence-electron chi connectivity index (χ1n) is 11.1. The number of carboxylic acid groups (broad SMARTS) is 1. The van der Waals surface area contributed by atoms with E-state index < -0.39 is 18.1 Å². The Morgan fingerprint density at radius 1 is 1.00 bits per heavy atom. The van der Waals surface area contributed by atoms with Gasteiger partial charge in [-0.3, -0.25) is 0 Å². The molecule has 0 saturated carbocycles. The summed E-state index contributed by atoms with van der Waals surface area (Å²) in [7, 11) is 0. The van der Waals surface area contributed by atoms with Gasteiger partial charge >= 0.3 is 12.1 Å². The molecular weight excluding hydrogens is 448 g/mol. The lowest BCUT2D eigenvalue weighted by Crippen LogP contribution is -2.42. The zero-order valence-electron chi connectivity index (χ0n) is 18.8. The number of rotatable bonds is 10. The summed E-state index contributed by atoms with van der Waals surface area (Å²) in [6.45, 7) is 0.558. The van der Waals surface area contributed by atoms with Gasteiger partial charge in [0, 0.05) is 17.3 Å². The molecule has 3 aromatic carbocycles. The van der Waals surface area contributed by atoms with Crippen molar-refractivity contribution < 1.29 is 24.2 Å². The Morgan fingerprint density at radius 3 is 2.23 bits per heavy atom. The third-order valence-corrected chi connectivity index (χ3v) is 5.82. The van der Waals surface area contributed by atoms with Crippen LogP contribution in [-0.4, -0.2) is 43.0 Å². The predicted octanol–water partition coefficient (Wildman–Crippen LogP) is 4.91. The van der Waals surface area contributed by atoms with Crippen LogP contribution in [0.15, 0.2) is 77.9 Å². The molecule has 9 heteroatoms. The molecule has 0 saturated heterocycles. The molecule has 178 valence electrons. The quantitative estimate of drug-likeness (QED) is 0.187. The molecule has 4 rings (SSSR count). The molecule has 2 N–H and O–H groups in total. The number of ether oxygens (including phenoxy) is 2. The molecule has 1 amide bonds. The van der Waals surface area contributed by atoms with Crippen LogP contribution in [0.1, 0.15) is 22.6 Å². The summed E-state index contributed by atoms with van der Waals surface area (Å²) in [5, 5.41) is 15.5. The normalized spacial score (nSPS) is 12.6. The standard InChI is InChI=1S/C26H24N4O5/c27-30-28-13-14-34-18-11-9-17(10-12-18)15-24(25(31)32)29-26(33)35-16-23-21-7-3-1-5-19(21)20-6-2-4-8-22(20)23/h1-12,23-24H,13-16H2,(H,29,33)(H,31,32)/t24-/m1/s1.